The van der Waals surface area contributed by atoms with Crippen LogP contribution >= 0.6 is 0 Å². The zero-order valence-corrected chi connectivity index (χ0v) is 11.7. The van der Waals surface area contributed by atoms with Crippen LogP contribution in [0.2, 0.25) is 0 Å². The molecule has 0 saturated heterocycles. The number of pyridine rings is 1. The summed E-state index contributed by atoms with van der Waals surface area (Å²) in [6, 6.07) is 1.94. The van der Waals surface area contributed by atoms with Crippen LogP contribution in [0.1, 0.15) is 30.6 Å². The van der Waals surface area contributed by atoms with E-state index in [0.29, 0.717) is 24.1 Å². The molecule has 0 fully saturated rings. The van der Waals surface area contributed by atoms with Gasteiger partial charge in [0.05, 0.1) is 11.3 Å². The van der Waals surface area contributed by atoms with Crippen molar-refractivity contribution in [1.29, 1.82) is 0 Å². The summed E-state index contributed by atoms with van der Waals surface area (Å²) in [7, 11) is 2.07. The summed E-state index contributed by atoms with van der Waals surface area (Å²) in [5.41, 5.74) is 6.21. The summed E-state index contributed by atoms with van der Waals surface area (Å²) < 4.78 is 0. The van der Waals surface area contributed by atoms with E-state index in [-0.39, 0.29) is 5.56 Å². The normalized spacial score (nSPS) is 12.4. The number of hydrogen-bond acceptors (Lipinski definition) is 5. The Morgan fingerprint density at radius 2 is 2.32 bits per heavy atom. The molecule has 0 aromatic carbocycles. The third-order valence-corrected chi connectivity index (χ3v) is 3.26. The summed E-state index contributed by atoms with van der Waals surface area (Å²) in [5, 5.41) is 11.9. The molecule has 0 aliphatic heterocycles. The number of hydrogen-bond donors (Lipinski definition) is 3. The molecule has 1 atom stereocenters. The fourth-order valence-corrected chi connectivity index (χ4v) is 1.63. The van der Waals surface area contributed by atoms with Crippen molar-refractivity contribution < 1.29 is 9.90 Å². The second kappa shape index (κ2) is 6.94. The first-order valence-corrected chi connectivity index (χ1v) is 6.38. The number of nitrogens with zero attached hydrogens (tertiary/aromatic N) is 2. The predicted octanol–water partition coefficient (Wildman–Crippen LogP) is 1.50. The molecule has 0 bridgehead atoms. The number of nitrogens with two attached hydrogens (primary N) is 1. The van der Waals surface area contributed by atoms with Crippen molar-refractivity contribution in [3.05, 3.63) is 17.8 Å². The number of aromatic nitrogens is 1. The number of rotatable bonds is 7. The predicted molar refractivity (Wildman–Crippen MR) is 76.5 cm³/mol. The summed E-state index contributed by atoms with van der Waals surface area (Å²) in [6.45, 7) is 5.91. The molecule has 1 aromatic rings. The lowest BCUT2D eigenvalue weighted by Gasteiger charge is -2.23. The fraction of sp³-hybridized carbons (Fsp3) is 0.538. The zero-order valence-electron chi connectivity index (χ0n) is 11.7. The van der Waals surface area contributed by atoms with Crippen LogP contribution in [0.3, 0.4) is 0 Å². The van der Waals surface area contributed by atoms with E-state index in [1.54, 1.807) is 0 Å². The molecule has 0 aliphatic carbocycles. The fourth-order valence-electron chi connectivity index (χ4n) is 1.63. The first-order valence-electron chi connectivity index (χ1n) is 6.38. The van der Waals surface area contributed by atoms with Crippen molar-refractivity contribution in [2.24, 2.45) is 0 Å². The van der Waals surface area contributed by atoms with Gasteiger partial charge in [-0.3, -0.25) is 0 Å². The average molecular weight is 266 g/mol. The minimum atomic E-state index is -1.03. The quantitative estimate of drug-likeness (QED) is 0.693. The minimum absolute atomic E-state index is 0.0970. The molecule has 1 heterocycles. The van der Waals surface area contributed by atoms with Crippen molar-refractivity contribution in [3.63, 3.8) is 0 Å². The number of nitrogens with one attached hydrogen (secondary N) is 1. The number of nitrogen functional groups attached to an aromatic ring is 1. The first kappa shape index (κ1) is 15.2. The largest absolute Gasteiger partial charge is 0.478 e. The van der Waals surface area contributed by atoms with Crippen molar-refractivity contribution in [3.8, 4) is 0 Å². The Kier molecular flexibility index (Phi) is 5.57. The highest BCUT2D eigenvalue weighted by Crippen LogP contribution is 2.16. The highest BCUT2D eigenvalue weighted by Gasteiger charge is 2.09. The van der Waals surface area contributed by atoms with Gasteiger partial charge in [0.2, 0.25) is 0 Å². The average Bonchev–Trinajstić information content (AvgIpc) is 2.39. The lowest BCUT2D eigenvalue weighted by molar-refractivity contribution is 0.0696. The number of aromatic carboxylic acids is 1. The van der Waals surface area contributed by atoms with E-state index in [2.05, 4.69) is 36.1 Å². The monoisotopic (exact) mass is 266 g/mol. The topological polar surface area (TPSA) is 91.5 Å². The molecule has 0 radical (unpaired) electrons. The van der Waals surface area contributed by atoms with Crippen molar-refractivity contribution in [1.82, 2.24) is 9.88 Å². The van der Waals surface area contributed by atoms with Gasteiger partial charge in [0.1, 0.15) is 5.82 Å². The van der Waals surface area contributed by atoms with Crippen molar-refractivity contribution in [2.75, 3.05) is 31.2 Å². The number of likely N-dealkylation sites (N-methyl/N-ethyl adjacent to an activating group) is 1. The van der Waals surface area contributed by atoms with Crippen LogP contribution in [-0.2, 0) is 0 Å². The second-order valence-electron chi connectivity index (χ2n) is 4.63. The van der Waals surface area contributed by atoms with Crippen LogP contribution in [-0.4, -0.2) is 47.1 Å². The van der Waals surface area contributed by atoms with Crippen LogP contribution < -0.4 is 11.1 Å². The molecule has 0 spiro atoms. The summed E-state index contributed by atoms with van der Waals surface area (Å²) in [6.07, 6.45) is 2.41. The molecule has 6 heteroatoms. The van der Waals surface area contributed by atoms with Gasteiger partial charge in [-0.1, -0.05) is 6.92 Å². The molecule has 106 valence electrons. The van der Waals surface area contributed by atoms with Gasteiger partial charge in [-0.05, 0) is 26.5 Å². The van der Waals surface area contributed by atoms with Gasteiger partial charge in [0.25, 0.3) is 0 Å². The lowest BCUT2D eigenvalue weighted by atomic mass is 10.2. The van der Waals surface area contributed by atoms with E-state index in [1.807, 2.05) is 0 Å². The Hall–Kier alpha value is -1.82. The molecule has 1 unspecified atom stereocenters. The molecule has 0 amide bonds. The maximum atomic E-state index is 10.8. The Labute approximate surface area is 113 Å². The summed E-state index contributed by atoms with van der Waals surface area (Å²) in [5.74, 6) is -0.496. The van der Waals surface area contributed by atoms with Crippen LogP contribution in [0, 0.1) is 0 Å². The summed E-state index contributed by atoms with van der Waals surface area (Å²) >= 11 is 0. The maximum Gasteiger partial charge on any atom is 0.337 e. The highest BCUT2D eigenvalue weighted by atomic mass is 16.4. The molecule has 4 N–H and O–H groups in total. The molecule has 19 heavy (non-hydrogen) atoms. The van der Waals surface area contributed by atoms with Crippen molar-refractivity contribution >= 4 is 17.5 Å². The molecule has 1 aromatic heterocycles. The molecule has 6 nitrogen and oxygen atoms in total. The van der Waals surface area contributed by atoms with Crippen LogP contribution in [0.15, 0.2) is 12.3 Å². The van der Waals surface area contributed by atoms with Gasteiger partial charge < -0.3 is 21.1 Å². The molecule has 1 rings (SSSR count). The molecule has 0 saturated carbocycles. The number of carboxylic acid groups (broad SMARTS) is 1. The van der Waals surface area contributed by atoms with Gasteiger partial charge >= 0.3 is 5.97 Å². The third-order valence-electron chi connectivity index (χ3n) is 3.26. The minimum Gasteiger partial charge on any atom is -0.478 e. The Bertz CT molecular complexity index is 437. The Morgan fingerprint density at radius 3 is 2.84 bits per heavy atom. The molecule has 0 aliphatic rings. The van der Waals surface area contributed by atoms with Gasteiger partial charge in [-0.15, -0.1) is 0 Å². The van der Waals surface area contributed by atoms with E-state index in [9.17, 15) is 4.79 Å². The van der Waals surface area contributed by atoms with Crippen LogP contribution in [0.25, 0.3) is 0 Å². The second-order valence-corrected chi connectivity index (χ2v) is 4.63. The summed E-state index contributed by atoms with van der Waals surface area (Å²) in [4.78, 5) is 17.0. The van der Waals surface area contributed by atoms with Gasteiger partial charge in [0, 0.05) is 25.3 Å². The smallest absolute Gasteiger partial charge is 0.337 e. The molecular weight excluding hydrogens is 244 g/mol. The number of carbonyl (C=O) groups is 1. The third kappa shape index (κ3) is 4.40. The number of anilines is 2. The number of carboxylic acids is 1. The van der Waals surface area contributed by atoms with E-state index in [0.717, 1.165) is 13.0 Å². The van der Waals surface area contributed by atoms with E-state index < -0.39 is 5.97 Å². The Balaban J connectivity index is 2.52. The standard InChI is InChI=1S/C13H22N4O2/c1-4-9(2)17(3)6-5-15-12-11(14)7-10(8-16-12)13(18)19/h7-9H,4-6,14H2,1-3H3,(H,15,16)(H,18,19). The SMILES string of the molecule is CCC(C)N(C)CCNc1ncc(C(=O)O)cc1N. The lowest BCUT2D eigenvalue weighted by Crippen LogP contribution is -2.32. The zero-order chi connectivity index (χ0) is 14.4. The van der Waals surface area contributed by atoms with E-state index in [1.165, 1.54) is 12.3 Å². The molecular formula is C13H22N4O2. The first-order chi connectivity index (χ1) is 8.95. The van der Waals surface area contributed by atoms with E-state index in [4.69, 9.17) is 10.8 Å². The van der Waals surface area contributed by atoms with Crippen LogP contribution in [0.5, 0.6) is 0 Å². The highest BCUT2D eigenvalue weighted by molar-refractivity contribution is 5.89. The van der Waals surface area contributed by atoms with Gasteiger partial charge in [-0.2, -0.15) is 0 Å². The van der Waals surface area contributed by atoms with Crippen molar-refractivity contribution in [2.45, 2.75) is 26.3 Å². The Morgan fingerprint density at radius 1 is 1.63 bits per heavy atom. The van der Waals surface area contributed by atoms with Gasteiger partial charge in [0.15, 0.2) is 0 Å². The maximum absolute atomic E-state index is 10.8. The van der Waals surface area contributed by atoms with Gasteiger partial charge in [-0.25, -0.2) is 9.78 Å². The van der Waals surface area contributed by atoms with Crippen LogP contribution in [0.4, 0.5) is 11.5 Å². The van der Waals surface area contributed by atoms with E-state index >= 15 is 0 Å².